The third kappa shape index (κ3) is 7.30. The van der Waals surface area contributed by atoms with Crippen molar-refractivity contribution in [1.29, 1.82) is 0 Å². The van der Waals surface area contributed by atoms with Gasteiger partial charge in [0, 0.05) is 12.1 Å². The fourth-order valence-corrected chi connectivity index (χ4v) is 4.73. The van der Waals surface area contributed by atoms with Crippen molar-refractivity contribution in [2.45, 2.75) is 25.4 Å². The summed E-state index contributed by atoms with van der Waals surface area (Å²) in [5.41, 5.74) is 1.75. The molecule has 1 saturated heterocycles. The average Bonchev–Trinajstić information content (AvgIpc) is 2.99. The van der Waals surface area contributed by atoms with E-state index in [2.05, 4.69) is 5.32 Å². The van der Waals surface area contributed by atoms with Crippen LogP contribution in [-0.4, -0.2) is 47.0 Å². The van der Waals surface area contributed by atoms with Crippen LogP contribution in [-0.2, 0) is 11.2 Å². The molecule has 41 heavy (non-hydrogen) atoms. The van der Waals surface area contributed by atoms with E-state index in [4.69, 9.17) is 9.47 Å². The highest BCUT2D eigenvalue weighted by Crippen LogP contribution is 2.26. The number of nitrogens with one attached hydrogen (secondary N) is 1. The van der Waals surface area contributed by atoms with E-state index in [-0.39, 0.29) is 35.6 Å². The van der Waals surface area contributed by atoms with Crippen molar-refractivity contribution in [3.05, 3.63) is 120 Å². The molecule has 0 saturated carbocycles. The number of piperidine rings is 1. The number of hydrogen-bond acceptors (Lipinski definition) is 5. The van der Waals surface area contributed by atoms with Crippen molar-refractivity contribution in [1.82, 2.24) is 4.90 Å². The zero-order valence-corrected chi connectivity index (χ0v) is 22.4. The predicted octanol–water partition coefficient (Wildman–Crippen LogP) is 6.04. The summed E-state index contributed by atoms with van der Waals surface area (Å²) in [6.45, 7) is 1.27. The Hall–Kier alpha value is -5.11. The third-order valence-corrected chi connectivity index (χ3v) is 6.77. The van der Waals surface area contributed by atoms with Gasteiger partial charge in [0.15, 0.2) is 0 Å². The van der Waals surface area contributed by atoms with E-state index in [1.807, 2.05) is 59.5 Å². The van der Waals surface area contributed by atoms with Crippen LogP contribution < -0.4 is 14.8 Å². The molecule has 2 N–H and O–H groups in total. The van der Waals surface area contributed by atoms with Gasteiger partial charge in [-0.25, -0.2) is 4.79 Å². The molecule has 1 heterocycles. The van der Waals surface area contributed by atoms with Crippen LogP contribution in [0, 0.1) is 0 Å². The molecule has 8 heteroatoms. The molecule has 1 unspecified atom stereocenters. The normalized spacial score (nSPS) is 14.6. The Labute approximate surface area is 238 Å². The van der Waals surface area contributed by atoms with Crippen LogP contribution in [0.2, 0.25) is 0 Å². The number of carboxylic acid groups (broad SMARTS) is 1. The van der Waals surface area contributed by atoms with Crippen LogP contribution in [0.15, 0.2) is 103 Å². The molecule has 0 bridgehead atoms. The molecule has 0 radical (unpaired) electrons. The lowest BCUT2D eigenvalue weighted by molar-refractivity contribution is -0.115. The minimum Gasteiger partial charge on any atom is -0.489 e. The number of rotatable bonds is 9. The average molecular weight is 551 g/mol. The van der Waals surface area contributed by atoms with Gasteiger partial charge < -0.3 is 24.8 Å². The largest absolute Gasteiger partial charge is 0.489 e. The summed E-state index contributed by atoms with van der Waals surface area (Å²) in [5.74, 6) is 0.575. The van der Waals surface area contributed by atoms with Gasteiger partial charge in [0.2, 0.25) is 5.91 Å². The number of carbonyl (C=O) groups excluding carboxylic acids is 2. The van der Waals surface area contributed by atoms with Gasteiger partial charge in [-0.05, 0) is 79.1 Å². The topological polar surface area (TPSA) is 105 Å². The quantitative estimate of drug-likeness (QED) is 0.263. The number of anilines is 1. The minimum absolute atomic E-state index is 0.0258. The first kappa shape index (κ1) is 27.5. The molecule has 0 aromatic heterocycles. The number of carbonyl (C=O) groups is 3. The van der Waals surface area contributed by atoms with Gasteiger partial charge >= 0.3 is 5.97 Å². The van der Waals surface area contributed by atoms with Gasteiger partial charge in [-0.3, -0.25) is 9.59 Å². The SMILES string of the molecule is O=C(Cc1ccc(Oc2ccc(OC3CCCN(C(=O)c4ccccc4)C3)cc2)cc1)Nc1ccccc1C(=O)O. The Balaban J connectivity index is 1.12. The van der Waals surface area contributed by atoms with Crippen molar-refractivity contribution < 1.29 is 29.0 Å². The molecule has 4 aromatic rings. The van der Waals surface area contributed by atoms with E-state index in [0.717, 1.165) is 24.9 Å². The maximum atomic E-state index is 12.8. The molecule has 208 valence electrons. The van der Waals surface area contributed by atoms with Crippen molar-refractivity contribution in [2.75, 3.05) is 18.4 Å². The second-order valence-electron chi connectivity index (χ2n) is 9.79. The van der Waals surface area contributed by atoms with Gasteiger partial charge in [-0.2, -0.15) is 0 Å². The molecular formula is C33H30N2O6. The van der Waals surface area contributed by atoms with E-state index in [9.17, 15) is 19.5 Å². The number of benzene rings is 4. The van der Waals surface area contributed by atoms with Crippen molar-refractivity contribution >= 4 is 23.5 Å². The standard InChI is InChI=1S/C33H30N2O6/c36-31(34-30-11-5-4-10-29(30)33(38)39)21-23-12-14-25(15-13-23)40-26-16-18-27(19-17-26)41-28-9-6-20-35(22-28)32(37)24-7-2-1-3-8-24/h1-5,7-8,10-19,28H,6,9,20-22H2,(H,34,36)(H,38,39). The monoisotopic (exact) mass is 550 g/mol. The molecule has 1 aliphatic heterocycles. The fourth-order valence-electron chi connectivity index (χ4n) is 4.73. The Morgan fingerprint density at radius 1 is 0.805 bits per heavy atom. The Morgan fingerprint density at radius 3 is 2.15 bits per heavy atom. The first-order valence-corrected chi connectivity index (χ1v) is 13.4. The van der Waals surface area contributed by atoms with E-state index in [1.165, 1.54) is 6.07 Å². The fraction of sp³-hybridized carbons (Fsp3) is 0.182. The zero-order chi connectivity index (χ0) is 28.6. The lowest BCUT2D eigenvalue weighted by Crippen LogP contribution is -2.44. The van der Waals surface area contributed by atoms with Gasteiger partial charge in [0.1, 0.15) is 23.4 Å². The van der Waals surface area contributed by atoms with Crippen molar-refractivity contribution in [3.8, 4) is 17.2 Å². The molecular weight excluding hydrogens is 520 g/mol. The van der Waals surface area contributed by atoms with Gasteiger partial charge in [0.25, 0.3) is 5.91 Å². The number of aromatic carboxylic acids is 1. The second-order valence-corrected chi connectivity index (χ2v) is 9.79. The molecule has 1 fully saturated rings. The number of likely N-dealkylation sites (tertiary alicyclic amines) is 1. The van der Waals surface area contributed by atoms with E-state index in [0.29, 0.717) is 29.4 Å². The Kier molecular flexibility index (Phi) is 8.59. The highest BCUT2D eigenvalue weighted by atomic mass is 16.5. The number of carboxylic acids is 1. The summed E-state index contributed by atoms with van der Waals surface area (Å²) < 4.78 is 12.1. The van der Waals surface area contributed by atoms with Crippen molar-refractivity contribution in [2.24, 2.45) is 0 Å². The highest BCUT2D eigenvalue weighted by molar-refractivity contribution is 6.01. The van der Waals surface area contributed by atoms with Crippen LogP contribution in [0.5, 0.6) is 17.2 Å². The number of nitrogens with zero attached hydrogens (tertiary/aromatic N) is 1. The van der Waals surface area contributed by atoms with E-state index in [1.54, 1.807) is 42.5 Å². The molecule has 5 rings (SSSR count). The lowest BCUT2D eigenvalue weighted by atomic mass is 10.1. The molecule has 1 atom stereocenters. The maximum Gasteiger partial charge on any atom is 0.337 e. The van der Waals surface area contributed by atoms with Crippen LogP contribution in [0.1, 0.15) is 39.1 Å². The lowest BCUT2D eigenvalue weighted by Gasteiger charge is -2.33. The van der Waals surface area contributed by atoms with Gasteiger partial charge in [-0.15, -0.1) is 0 Å². The molecule has 0 spiro atoms. The van der Waals surface area contributed by atoms with E-state index >= 15 is 0 Å². The summed E-state index contributed by atoms with van der Waals surface area (Å²) in [6, 6.07) is 30.1. The second kappa shape index (κ2) is 12.8. The third-order valence-electron chi connectivity index (χ3n) is 6.77. The summed E-state index contributed by atoms with van der Waals surface area (Å²) >= 11 is 0. The highest BCUT2D eigenvalue weighted by Gasteiger charge is 2.25. The maximum absolute atomic E-state index is 12.8. The number of ether oxygens (including phenoxy) is 2. The summed E-state index contributed by atoms with van der Waals surface area (Å²) in [4.78, 5) is 38.5. The Bertz CT molecular complexity index is 1500. The number of amides is 2. The Morgan fingerprint density at radius 2 is 1.44 bits per heavy atom. The first-order chi connectivity index (χ1) is 19.9. The van der Waals surface area contributed by atoms with E-state index < -0.39 is 5.97 Å². The van der Waals surface area contributed by atoms with Gasteiger partial charge in [-0.1, -0.05) is 42.5 Å². The minimum atomic E-state index is -1.10. The number of para-hydroxylation sites is 1. The molecule has 8 nitrogen and oxygen atoms in total. The number of hydrogen-bond donors (Lipinski definition) is 2. The van der Waals surface area contributed by atoms with Crippen LogP contribution in [0.3, 0.4) is 0 Å². The van der Waals surface area contributed by atoms with Gasteiger partial charge in [0.05, 0.1) is 24.2 Å². The van der Waals surface area contributed by atoms with Crippen LogP contribution >= 0.6 is 0 Å². The molecule has 0 aliphatic carbocycles. The summed E-state index contributed by atoms with van der Waals surface area (Å²) in [7, 11) is 0. The molecule has 4 aromatic carbocycles. The smallest absolute Gasteiger partial charge is 0.337 e. The molecule has 2 amide bonds. The van der Waals surface area contributed by atoms with Crippen molar-refractivity contribution in [3.63, 3.8) is 0 Å². The zero-order valence-electron chi connectivity index (χ0n) is 22.4. The summed E-state index contributed by atoms with van der Waals surface area (Å²) in [6.07, 6.45) is 1.78. The van der Waals surface area contributed by atoms with Crippen LogP contribution in [0.4, 0.5) is 5.69 Å². The predicted molar refractivity (Wildman–Crippen MR) is 155 cm³/mol. The first-order valence-electron chi connectivity index (χ1n) is 13.4. The molecule has 1 aliphatic rings. The van der Waals surface area contributed by atoms with Crippen LogP contribution in [0.25, 0.3) is 0 Å². The summed E-state index contributed by atoms with van der Waals surface area (Å²) in [5, 5.41) is 11.9.